The van der Waals surface area contributed by atoms with Gasteiger partial charge in [0, 0.05) is 12.4 Å². The molecular formula is C6H13O4P. The number of aliphatic hydroxyl groups excluding tert-OH is 1. The van der Waals surface area contributed by atoms with E-state index < -0.39 is 7.60 Å². The summed E-state index contributed by atoms with van der Waals surface area (Å²) >= 11 is 0. The van der Waals surface area contributed by atoms with Crippen LogP contribution in [0.15, 0.2) is 11.9 Å². The minimum Gasteiger partial charge on any atom is -0.396 e. The zero-order chi connectivity index (χ0) is 8.91. The van der Waals surface area contributed by atoms with Gasteiger partial charge in [-0.15, -0.1) is 0 Å². The average Bonchev–Trinajstić information content (AvgIpc) is 1.85. The van der Waals surface area contributed by atoms with Gasteiger partial charge in [-0.05, 0) is 12.3 Å². The van der Waals surface area contributed by atoms with E-state index in [2.05, 4.69) is 0 Å². The highest BCUT2D eigenvalue weighted by molar-refractivity contribution is 7.55. The Morgan fingerprint density at radius 1 is 1.55 bits per heavy atom. The third-order valence-corrected chi connectivity index (χ3v) is 1.75. The van der Waals surface area contributed by atoms with Gasteiger partial charge in [-0.25, -0.2) is 0 Å². The summed E-state index contributed by atoms with van der Waals surface area (Å²) < 4.78 is 10.2. The van der Waals surface area contributed by atoms with E-state index in [1.54, 1.807) is 6.92 Å². The lowest BCUT2D eigenvalue weighted by molar-refractivity contribution is 0.239. The fourth-order valence-corrected chi connectivity index (χ4v) is 0.901. The number of allylic oxidation sites excluding steroid dienone is 1. The second-order valence-corrected chi connectivity index (χ2v) is 3.97. The van der Waals surface area contributed by atoms with Gasteiger partial charge >= 0.3 is 7.60 Å². The summed E-state index contributed by atoms with van der Waals surface area (Å²) in [5, 5.41) is 8.54. The second kappa shape index (κ2) is 4.67. The van der Waals surface area contributed by atoms with E-state index in [1.807, 2.05) is 0 Å². The van der Waals surface area contributed by atoms with Crippen LogP contribution in [0.1, 0.15) is 13.3 Å². The fourth-order valence-electron chi connectivity index (χ4n) is 0.505. The molecule has 0 aromatic rings. The van der Waals surface area contributed by atoms with Crippen molar-refractivity contribution in [2.24, 2.45) is 5.92 Å². The molecule has 0 aliphatic heterocycles. The first-order valence-corrected chi connectivity index (χ1v) is 4.97. The summed E-state index contributed by atoms with van der Waals surface area (Å²) in [6, 6.07) is 0. The van der Waals surface area contributed by atoms with Gasteiger partial charge < -0.3 is 14.9 Å². The highest BCUT2D eigenvalue weighted by atomic mass is 31.2. The van der Waals surface area contributed by atoms with Crippen molar-refractivity contribution in [2.45, 2.75) is 13.3 Å². The zero-order valence-corrected chi connectivity index (χ0v) is 7.24. The Balaban J connectivity index is 3.70. The van der Waals surface area contributed by atoms with Crippen LogP contribution in [0.4, 0.5) is 0 Å². The molecule has 0 fully saturated rings. The summed E-state index contributed by atoms with van der Waals surface area (Å²) in [5.74, 6) is 0.914. The minimum absolute atomic E-state index is 0.0332. The molecule has 0 saturated heterocycles. The molecule has 0 rings (SSSR count). The van der Waals surface area contributed by atoms with Crippen LogP contribution in [0.2, 0.25) is 0 Å². The van der Waals surface area contributed by atoms with Gasteiger partial charge in [0.05, 0.1) is 0 Å². The molecule has 4 nitrogen and oxygen atoms in total. The van der Waals surface area contributed by atoms with Crippen molar-refractivity contribution < 1.29 is 19.5 Å². The minimum atomic E-state index is -3.99. The highest BCUT2D eigenvalue weighted by Crippen LogP contribution is 2.36. The number of aliphatic hydroxyl groups is 1. The summed E-state index contributed by atoms with van der Waals surface area (Å²) in [4.78, 5) is 16.7. The molecule has 3 N–H and O–H groups in total. The summed E-state index contributed by atoms with van der Waals surface area (Å²) in [6.07, 6.45) is 1.88. The molecule has 1 unspecified atom stereocenters. The van der Waals surface area contributed by atoms with Crippen LogP contribution in [0.3, 0.4) is 0 Å². The predicted octanol–water partition coefficient (Wildman–Crippen LogP) is 0.696. The van der Waals surface area contributed by atoms with Crippen molar-refractivity contribution in [3.8, 4) is 0 Å². The molecule has 0 aliphatic rings. The van der Waals surface area contributed by atoms with Crippen LogP contribution in [0, 0.1) is 5.92 Å². The first-order chi connectivity index (χ1) is 4.95. The van der Waals surface area contributed by atoms with Gasteiger partial charge in [-0.3, -0.25) is 4.57 Å². The van der Waals surface area contributed by atoms with Gasteiger partial charge in [-0.1, -0.05) is 13.0 Å². The van der Waals surface area contributed by atoms with Crippen molar-refractivity contribution in [1.29, 1.82) is 0 Å². The maximum Gasteiger partial charge on any atom is 0.348 e. The molecule has 0 bridgehead atoms. The molecule has 1 atom stereocenters. The first-order valence-electron chi connectivity index (χ1n) is 3.29. The van der Waals surface area contributed by atoms with E-state index in [9.17, 15) is 4.57 Å². The number of hydrogen-bond donors (Lipinski definition) is 3. The third kappa shape index (κ3) is 7.75. The smallest absolute Gasteiger partial charge is 0.348 e. The highest BCUT2D eigenvalue weighted by Gasteiger charge is 2.05. The van der Waals surface area contributed by atoms with E-state index >= 15 is 0 Å². The molecule has 0 amide bonds. The average molecular weight is 180 g/mol. The third-order valence-electron chi connectivity index (χ3n) is 1.15. The maximum atomic E-state index is 10.2. The summed E-state index contributed by atoms with van der Waals surface area (Å²) in [6.45, 7) is 1.83. The van der Waals surface area contributed by atoms with Crippen molar-refractivity contribution in [1.82, 2.24) is 0 Å². The lowest BCUT2D eigenvalue weighted by atomic mass is 10.1. The molecule has 0 spiro atoms. The largest absolute Gasteiger partial charge is 0.396 e. The Morgan fingerprint density at radius 2 is 2.09 bits per heavy atom. The van der Waals surface area contributed by atoms with Gasteiger partial charge in [-0.2, -0.15) is 0 Å². The predicted molar refractivity (Wildman–Crippen MR) is 42.1 cm³/mol. The van der Waals surface area contributed by atoms with Crippen LogP contribution in [0.25, 0.3) is 0 Å². The Morgan fingerprint density at radius 3 is 2.45 bits per heavy atom. The maximum absolute atomic E-state index is 10.2. The molecule has 0 saturated carbocycles. The molecule has 66 valence electrons. The van der Waals surface area contributed by atoms with E-state index in [4.69, 9.17) is 14.9 Å². The van der Waals surface area contributed by atoms with E-state index in [0.717, 1.165) is 5.82 Å². The van der Waals surface area contributed by atoms with Crippen LogP contribution >= 0.6 is 7.60 Å². The lowest BCUT2D eigenvalue weighted by Crippen LogP contribution is -1.97. The molecular weight excluding hydrogens is 167 g/mol. The molecule has 0 aliphatic carbocycles. The SMILES string of the molecule is CC(CO)C/C=C/P(=O)(O)O. The Hall–Kier alpha value is -0.150. The Labute approximate surface area is 65.7 Å². The van der Waals surface area contributed by atoms with Gasteiger partial charge in [0.25, 0.3) is 0 Å². The molecule has 5 heteroatoms. The van der Waals surface area contributed by atoms with E-state index in [0.29, 0.717) is 6.42 Å². The van der Waals surface area contributed by atoms with Crippen molar-refractivity contribution in [3.63, 3.8) is 0 Å². The normalized spacial score (nSPS) is 15.6. The Kier molecular flexibility index (Phi) is 4.61. The summed E-state index contributed by atoms with van der Waals surface area (Å²) in [7, 11) is -3.99. The second-order valence-electron chi connectivity index (χ2n) is 2.50. The Bertz CT molecular complexity index is 171. The summed E-state index contributed by atoms with van der Waals surface area (Å²) in [5.41, 5.74) is 0. The van der Waals surface area contributed by atoms with Gasteiger partial charge in [0.1, 0.15) is 0 Å². The first kappa shape index (κ1) is 10.8. The number of hydrogen-bond acceptors (Lipinski definition) is 2. The van der Waals surface area contributed by atoms with Crippen LogP contribution in [0.5, 0.6) is 0 Å². The molecule has 0 heterocycles. The zero-order valence-electron chi connectivity index (χ0n) is 6.34. The topological polar surface area (TPSA) is 77.8 Å². The molecule has 0 aromatic carbocycles. The quantitative estimate of drug-likeness (QED) is 0.556. The van der Waals surface area contributed by atoms with Gasteiger partial charge in [0.15, 0.2) is 0 Å². The van der Waals surface area contributed by atoms with Crippen LogP contribution in [-0.2, 0) is 4.57 Å². The lowest BCUT2D eigenvalue weighted by Gasteiger charge is -2.01. The van der Waals surface area contributed by atoms with Crippen molar-refractivity contribution in [3.05, 3.63) is 11.9 Å². The van der Waals surface area contributed by atoms with E-state index in [1.165, 1.54) is 6.08 Å². The molecule has 0 radical (unpaired) electrons. The van der Waals surface area contributed by atoms with E-state index in [-0.39, 0.29) is 12.5 Å². The van der Waals surface area contributed by atoms with Crippen molar-refractivity contribution in [2.75, 3.05) is 6.61 Å². The van der Waals surface area contributed by atoms with Crippen molar-refractivity contribution >= 4 is 7.60 Å². The fraction of sp³-hybridized carbons (Fsp3) is 0.667. The van der Waals surface area contributed by atoms with Crippen LogP contribution in [-0.4, -0.2) is 21.5 Å². The molecule has 11 heavy (non-hydrogen) atoms. The number of rotatable bonds is 4. The monoisotopic (exact) mass is 180 g/mol. The van der Waals surface area contributed by atoms with Crippen LogP contribution < -0.4 is 0 Å². The standard InChI is InChI=1S/C6H13O4P/c1-6(5-7)3-2-4-11(8,9)10/h2,4,6-7H,3,5H2,1H3,(H2,8,9,10)/b4-2+. The molecule has 0 aromatic heterocycles. The van der Waals surface area contributed by atoms with Gasteiger partial charge in [0.2, 0.25) is 0 Å².